The van der Waals surface area contributed by atoms with Crippen LogP contribution in [0.25, 0.3) is 0 Å². The Kier molecular flexibility index (Phi) is 13.3. The number of rotatable bonds is 9. The Morgan fingerprint density at radius 1 is 1.16 bits per heavy atom. The molecule has 1 saturated heterocycles. The number of likely N-dealkylation sites (tertiary alicyclic amines) is 1. The Bertz CT molecular complexity index is 744. The second-order valence-electron chi connectivity index (χ2n) is 8.05. The predicted octanol–water partition coefficient (Wildman–Crippen LogP) is 3.19. The van der Waals surface area contributed by atoms with E-state index in [-0.39, 0.29) is 35.8 Å². The number of benzene rings is 1. The van der Waals surface area contributed by atoms with Gasteiger partial charge in [-0.2, -0.15) is 0 Å². The second kappa shape index (κ2) is 15.1. The molecule has 3 N–H and O–H groups in total. The zero-order valence-corrected chi connectivity index (χ0v) is 22.3. The van der Waals surface area contributed by atoms with E-state index < -0.39 is 0 Å². The van der Waals surface area contributed by atoms with Crippen LogP contribution < -0.4 is 16.0 Å². The molecule has 1 aliphatic heterocycles. The number of carbonyl (C=O) groups excluding carboxylic acids is 2. The maximum atomic E-state index is 12.6. The molecule has 1 fully saturated rings. The molecule has 0 atom stereocenters. The van der Waals surface area contributed by atoms with Crippen molar-refractivity contribution < 1.29 is 9.59 Å². The Balaban J connectivity index is 0.00000512. The summed E-state index contributed by atoms with van der Waals surface area (Å²) in [6.07, 6.45) is 4.46. The average Bonchev–Trinajstić information content (AvgIpc) is 2.80. The standard InChI is InChI=1S/C24H39N5O2.HI/c1-5-19(6-2)23(31)29-15-12-21(13-16-29)28-24(26-7-3)27-14-11-18-9-8-10-20(17-18)22(30)25-4;/h8-10,17,19,21H,5-7,11-16H2,1-4H3,(H,25,30)(H2,26,27,28);1H. The van der Waals surface area contributed by atoms with Gasteiger partial charge in [-0.15, -0.1) is 24.0 Å². The smallest absolute Gasteiger partial charge is 0.251 e. The highest BCUT2D eigenvalue weighted by molar-refractivity contribution is 14.0. The van der Waals surface area contributed by atoms with E-state index in [4.69, 9.17) is 4.99 Å². The maximum Gasteiger partial charge on any atom is 0.251 e. The fourth-order valence-electron chi connectivity index (χ4n) is 3.96. The summed E-state index contributed by atoms with van der Waals surface area (Å²) < 4.78 is 0. The van der Waals surface area contributed by atoms with Gasteiger partial charge in [0.1, 0.15) is 0 Å². The van der Waals surface area contributed by atoms with Crippen LogP contribution in [0.2, 0.25) is 0 Å². The molecule has 32 heavy (non-hydrogen) atoms. The summed E-state index contributed by atoms with van der Waals surface area (Å²) in [5, 5.41) is 9.51. The Morgan fingerprint density at radius 2 is 1.84 bits per heavy atom. The number of nitrogens with one attached hydrogen (secondary N) is 3. The van der Waals surface area contributed by atoms with Gasteiger partial charge in [0.15, 0.2) is 5.96 Å². The van der Waals surface area contributed by atoms with E-state index in [1.165, 1.54) is 0 Å². The molecule has 0 unspecified atom stereocenters. The van der Waals surface area contributed by atoms with Crippen molar-refractivity contribution in [2.24, 2.45) is 10.9 Å². The lowest BCUT2D eigenvalue weighted by molar-refractivity contribution is -0.136. The van der Waals surface area contributed by atoms with Gasteiger partial charge in [0, 0.05) is 50.7 Å². The summed E-state index contributed by atoms with van der Waals surface area (Å²) in [5.74, 6) is 1.21. The number of nitrogens with zero attached hydrogens (tertiary/aromatic N) is 2. The summed E-state index contributed by atoms with van der Waals surface area (Å²) in [6, 6.07) is 7.98. The van der Waals surface area contributed by atoms with Crippen molar-refractivity contribution in [1.29, 1.82) is 0 Å². The summed E-state index contributed by atoms with van der Waals surface area (Å²) >= 11 is 0. The molecule has 0 saturated carbocycles. The van der Waals surface area contributed by atoms with Crippen molar-refractivity contribution in [3.05, 3.63) is 35.4 Å². The molecule has 0 spiro atoms. The lowest BCUT2D eigenvalue weighted by atomic mass is 9.98. The highest BCUT2D eigenvalue weighted by Gasteiger charge is 2.26. The number of piperidine rings is 1. The molecule has 8 heteroatoms. The Labute approximate surface area is 210 Å². The zero-order chi connectivity index (χ0) is 22.6. The van der Waals surface area contributed by atoms with Gasteiger partial charge in [0.05, 0.1) is 0 Å². The van der Waals surface area contributed by atoms with Crippen LogP contribution in [0.15, 0.2) is 29.3 Å². The first-order chi connectivity index (χ1) is 15.0. The molecule has 1 aromatic carbocycles. The molecule has 1 aliphatic rings. The minimum absolute atomic E-state index is 0. The van der Waals surface area contributed by atoms with Crippen molar-refractivity contribution >= 4 is 41.8 Å². The van der Waals surface area contributed by atoms with Crippen LogP contribution in [0.1, 0.15) is 62.4 Å². The lowest BCUT2D eigenvalue weighted by Gasteiger charge is -2.34. The third kappa shape index (κ3) is 8.60. The van der Waals surface area contributed by atoms with Crippen LogP contribution in [0.3, 0.4) is 0 Å². The molecule has 180 valence electrons. The van der Waals surface area contributed by atoms with Crippen LogP contribution in [-0.2, 0) is 11.2 Å². The van der Waals surface area contributed by atoms with Gasteiger partial charge >= 0.3 is 0 Å². The number of halogens is 1. The van der Waals surface area contributed by atoms with Gasteiger partial charge in [0.25, 0.3) is 5.91 Å². The van der Waals surface area contributed by atoms with Gasteiger partial charge in [0.2, 0.25) is 5.91 Å². The van der Waals surface area contributed by atoms with Gasteiger partial charge in [-0.25, -0.2) is 0 Å². The highest BCUT2D eigenvalue weighted by atomic mass is 127. The Hall–Kier alpha value is -1.84. The summed E-state index contributed by atoms with van der Waals surface area (Å²) in [7, 11) is 1.64. The first-order valence-corrected chi connectivity index (χ1v) is 11.7. The fraction of sp³-hybridized carbons (Fsp3) is 0.625. The second-order valence-corrected chi connectivity index (χ2v) is 8.05. The molecule has 0 bridgehead atoms. The fourth-order valence-corrected chi connectivity index (χ4v) is 3.96. The predicted molar refractivity (Wildman–Crippen MR) is 142 cm³/mol. The summed E-state index contributed by atoms with van der Waals surface area (Å²) in [6.45, 7) is 9.28. The average molecular weight is 558 g/mol. The number of hydrogen-bond acceptors (Lipinski definition) is 3. The van der Waals surface area contributed by atoms with Gasteiger partial charge < -0.3 is 20.9 Å². The van der Waals surface area contributed by atoms with E-state index in [1.807, 2.05) is 29.2 Å². The molecular formula is C24H40IN5O2. The Morgan fingerprint density at radius 3 is 2.44 bits per heavy atom. The molecular weight excluding hydrogens is 517 g/mol. The quantitative estimate of drug-likeness (QED) is 0.248. The number of guanidine groups is 1. The molecule has 1 heterocycles. The van der Waals surface area contributed by atoms with Crippen LogP contribution in [-0.4, -0.2) is 61.9 Å². The van der Waals surface area contributed by atoms with E-state index in [0.29, 0.717) is 24.1 Å². The minimum atomic E-state index is -0.0747. The molecule has 0 aromatic heterocycles. The molecule has 7 nitrogen and oxygen atoms in total. The SMILES string of the molecule is CCNC(=NCCc1cccc(C(=O)NC)c1)NC1CCN(C(=O)C(CC)CC)CC1.I. The first kappa shape index (κ1) is 28.2. The van der Waals surface area contributed by atoms with Gasteiger partial charge in [-0.05, 0) is 56.7 Å². The summed E-state index contributed by atoms with van der Waals surface area (Å²) in [5.41, 5.74) is 1.76. The van der Waals surface area contributed by atoms with E-state index in [2.05, 4.69) is 36.7 Å². The number of amides is 2. The maximum absolute atomic E-state index is 12.6. The topological polar surface area (TPSA) is 85.8 Å². The van der Waals surface area contributed by atoms with Gasteiger partial charge in [-0.3, -0.25) is 14.6 Å². The third-order valence-electron chi connectivity index (χ3n) is 5.91. The van der Waals surface area contributed by atoms with E-state index in [9.17, 15) is 9.59 Å². The lowest BCUT2D eigenvalue weighted by Crippen LogP contribution is -2.50. The van der Waals surface area contributed by atoms with E-state index >= 15 is 0 Å². The normalized spacial score (nSPS) is 14.7. The van der Waals surface area contributed by atoms with E-state index in [0.717, 1.165) is 63.3 Å². The molecule has 0 aliphatic carbocycles. The van der Waals surface area contributed by atoms with E-state index in [1.54, 1.807) is 7.05 Å². The van der Waals surface area contributed by atoms with Crippen molar-refractivity contribution in [3.63, 3.8) is 0 Å². The number of carbonyl (C=O) groups is 2. The molecule has 2 rings (SSSR count). The molecule has 1 aromatic rings. The minimum Gasteiger partial charge on any atom is -0.357 e. The van der Waals surface area contributed by atoms with Crippen LogP contribution in [0, 0.1) is 5.92 Å². The molecule has 0 radical (unpaired) electrons. The van der Waals surface area contributed by atoms with Crippen molar-refractivity contribution in [1.82, 2.24) is 20.9 Å². The zero-order valence-electron chi connectivity index (χ0n) is 19.9. The van der Waals surface area contributed by atoms with Crippen LogP contribution in [0.4, 0.5) is 0 Å². The molecule has 2 amide bonds. The van der Waals surface area contributed by atoms with Gasteiger partial charge in [-0.1, -0.05) is 26.0 Å². The number of aliphatic imine (C=N–C) groups is 1. The van der Waals surface area contributed by atoms with Crippen molar-refractivity contribution in [3.8, 4) is 0 Å². The van der Waals surface area contributed by atoms with Crippen LogP contribution >= 0.6 is 24.0 Å². The third-order valence-corrected chi connectivity index (χ3v) is 5.91. The van der Waals surface area contributed by atoms with Crippen molar-refractivity contribution in [2.75, 3.05) is 33.2 Å². The van der Waals surface area contributed by atoms with Crippen LogP contribution in [0.5, 0.6) is 0 Å². The van der Waals surface area contributed by atoms with Crippen molar-refractivity contribution in [2.45, 2.75) is 58.9 Å². The highest BCUT2D eigenvalue weighted by Crippen LogP contribution is 2.17. The monoisotopic (exact) mass is 557 g/mol. The summed E-state index contributed by atoms with van der Waals surface area (Å²) in [4.78, 5) is 31.2. The largest absolute Gasteiger partial charge is 0.357 e. The first-order valence-electron chi connectivity index (χ1n) is 11.7. The number of hydrogen-bond donors (Lipinski definition) is 3.